The van der Waals surface area contributed by atoms with Crippen molar-refractivity contribution in [3.05, 3.63) is 22.2 Å². The highest BCUT2D eigenvalue weighted by atomic mass is 79.9. The van der Waals surface area contributed by atoms with Crippen molar-refractivity contribution < 1.29 is 33.3 Å². The Balaban J connectivity index is 2.49. The predicted octanol–water partition coefficient (Wildman–Crippen LogP) is 2.47. The molecule has 0 spiro atoms. The molecule has 1 aromatic carbocycles. The van der Waals surface area contributed by atoms with Gasteiger partial charge < -0.3 is 24.3 Å². The van der Waals surface area contributed by atoms with Gasteiger partial charge in [-0.05, 0) is 48.3 Å². The number of ether oxygens (including phenoxy) is 4. The second-order valence-electron chi connectivity index (χ2n) is 5.26. The van der Waals surface area contributed by atoms with Crippen molar-refractivity contribution in [2.24, 2.45) is 0 Å². The first-order valence-corrected chi connectivity index (χ1v) is 9.31. The number of hydrogen-bond donors (Lipinski definition) is 1. The van der Waals surface area contributed by atoms with Gasteiger partial charge in [-0.15, -0.1) is 0 Å². The van der Waals surface area contributed by atoms with E-state index < -0.39 is 18.5 Å². The largest absolute Gasteiger partial charge is 0.493 e. The van der Waals surface area contributed by atoms with Crippen molar-refractivity contribution in [3.63, 3.8) is 0 Å². The normalized spacial score (nSPS) is 10.1. The Hall–Kier alpha value is -2.29. The summed E-state index contributed by atoms with van der Waals surface area (Å²) in [6.45, 7) is 4.19. The number of amides is 1. The summed E-state index contributed by atoms with van der Waals surface area (Å²) in [5.74, 6) is -0.575. The highest BCUT2D eigenvalue weighted by molar-refractivity contribution is 9.10. The zero-order valence-corrected chi connectivity index (χ0v) is 17.2. The highest BCUT2D eigenvalue weighted by Gasteiger charge is 2.17. The molecule has 8 nitrogen and oxygen atoms in total. The van der Waals surface area contributed by atoms with Gasteiger partial charge in [-0.1, -0.05) is 0 Å². The number of nitrogens with one attached hydrogen (secondary N) is 1. The Morgan fingerprint density at radius 1 is 1.11 bits per heavy atom. The summed E-state index contributed by atoms with van der Waals surface area (Å²) >= 11 is 3.32. The Morgan fingerprint density at radius 3 is 2.48 bits per heavy atom. The lowest BCUT2D eigenvalue weighted by atomic mass is 10.2. The van der Waals surface area contributed by atoms with E-state index in [4.69, 9.17) is 18.9 Å². The zero-order valence-electron chi connectivity index (χ0n) is 15.6. The summed E-state index contributed by atoms with van der Waals surface area (Å²) in [4.78, 5) is 35.0. The van der Waals surface area contributed by atoms with Crippen LogP contribution in [0.1, 0.15) is 37.0 Å². The summed E-state index contributed by atoms with van der Waals surface area (Å²) in [5, 5.41) is 2.57. The monoisotopic (exact) mass is 445 g/mol. The minimum Gasteiger partial charge on any atom is -0.493 e. The Bertz CT molecular complexity index is 663. The van der Waals surface area contributed by atoms with Crippen LogP contribution in [-0.4, -0.2) is 51.3 Å². The molecule has 1 N–H and O–H groups in total. The molecule has 0 saturated heterocycles. The lowest BCUT2D eigenvalue weighted by Crippen LogP contribution is -2.30. The summed E-state index contributed by atoms with van der Waals surface area (Å²) in [6.07, 6.45) is 0.662. The summed E-state index contributed by atoms with van der Waals surface area (Å²) in [7, 11) is 1.46. The van der Waals surface area contributed by atoms with Gasteiger partial charge in [-0.2, -0.15) is 0 Å². The van der Waals surface area contributed by atoms with Gasteiger partial charge in [0.15, 0.2) is 18.1 Å². The smallest absolute Gasteiger partial charge is 0.338 e. The predicted molar refractivity (Wildman–Crippen MR) is 101 cm³/mol. The molecule has 0 fully saturated rings. The van der Waals surface area contributed by atoms with Crippen molar-refractivity contribution in [2.75, 3.05) is 33.5 Å². The van der Waals surface area contributed by atoms with Crippen LogP contribution in [0.25, 0.3) is 0 Å². The van der Waals surface area contributed by atoms with Crippen LogP contribution in [0.2, 0.25) is 0 Å². The number of rotatable bonds is 11. The maximum atomic E-state index is 12.1. The third-order valence-electron chi connectivity index (χ3n) is 3.27. The van der Waals surface area contributed by atoms with Crippen LogP contribution in [0.15, 0.2) is 16.6 Å². The van der Waals surface area contributed by atoms with E-state index in [-0.39, 0.29) is 24.5 Å². The molecular weight excluding hydrogens is 422 g/mol. The van der Waals surface area contributed by atoms with Crippen LogP contribution >= 0.6 is 15.9 Å². The van der Waals surface area contributed by atoms with Crippen LogP contribution in [0.5, 0.6) is 11.5 Å². The molecular formula is C18H24BrNO7. The number of esters is 2. The summed E-state index contributed by atoms with van der Waals surface area (Å²) < 4.78 is 21.0. The maximum absolute atomic E-state index is 12.1. The number of hydrogen-bond acceptors (Lipinski definition) is 7. The van der Waals surface area contributed by atoms with Crippen molar-refractivity contribution in [2.45, 2.75) is 26.7 Å². The molecule has 0 atom stereocenters. The Labute approximate surface area is 166 Å². The molecule has 0 heterocycles. The van der Waals surface area contributed by atoms with Crippen LogP contribution in [0, 0.1) is 0 Å². The molecule has 0 aliphatic heterocycles. The molecule has 0 aliphatic rings. The summed E-state index contributed by atoms with van der Waals surface area (Å²) in [6, 6.07) is 3.02. The van der Waals surface area contributed by atoms with Gasteiger partial charge >= 0.3 is 11.9 Å². The van der Waals surface area contributed by atoms with Gasteiger partial charge in [0.2, 0.25) is 0 Å². The third-order valence-corrected chi connectivity index (χ3v) is 3.86. The number of methoxy groups -OCH3 is 1. The van der Waals surface area contributed by atoms with E-state index in [1.165, 1.54) is 19.2 Å². The number of carbonyl (C=O) groups excluding carboxylic acids is 3. The number of carbonyl (C=O) groups is 3. The molecule has 1 rings (SSSR count). The minimum atomic E-state index is -0.668. The fraction of sp³-hybridized carbons (Fsp3) is 0.500. The van der Waals surface area contributed by atoms with E-state index in [2.05, 4.69) is 21.2 Å². The van der Waals surface area contributed by atoms with Crippen molar-refractivity contribution in [1.82, 2.24) is 5.32 Å². The van der Waals surface area contributed by atoms with Crippen LogP contribution in [0.4, 0.5) is 0 Å². The fourth-order valence-corrected chi connectivity index (χ4v) is 2.64. The first-order valence-electron chi connectivity index (χ1n) is 8.52. The molecule has 0 saturated carbocycles. The lowest BCUT2D eigenvalue weighted by molar-refractivity contribution is -0.143. The van der Waals surface area contributed by atoms with E-state index in [9.17, 15) is 14.4 Å². The second-order valence-corrected chi connectivity index (χ2v) is 6.11. The minimum absolute atomic E-state index is 0.216. The van der Waals surface area contributed by atoms with Gasteiger partial charge in [0, 0.05) is 13.0 Å². The van der Waals surface area contributed by atoms with Crippen molar-refractivity contribution in [1.29, 1.82) is 0 Å². The Morgan fingerprint density at radius 2 is 1.85 bits per heavy atom. The van der Waals surface area contributed by atoms with Gasteiger partial charge in [0.1, 0.15) is 0 Å². The molecule has 0 radical (unpaired) electrons. The lowest BCUT2D eigenvalue weighted by Gasteiger charge is -2.13. The van der Waals surface area contributed by atoms with Crippen molar-refractivity contribution in [3.8, 4) is 11.5 Å². The average Bonchev–Trinajstić information content (AvgIpc) is 2.65. The van der Waals surface area contributed by atoms with E-state index >= 15 is 0 Å². The number of halogens is 1. The van der Waals surface area contributed by atoms with Crippen molar-refractivity contribution >= 4 is 33.8 Å². The summed E-state index contributed by atoms with van der Waals surface area (Å²) in [5.41, 5.74) is 0.220. The molecule has 27 heavy (non-hydrogen) atoms. The average molecular weight is 446 g/mol. The maximum Gasteiger partial charge on any atom is 0.338 e. The van der Waals surface area contributed by atoms with E-state index in [0.717, 1.165) is 0 Å². The van der Waals surface area contributed by atoms with Crippen LogP contribution in [0.3, 0.4) is 0 Å². The topological polar surface area (TPSA) is 100 Å². The zero-order chi connectivity index (χ0) is 20.2. The third kappa shape index (κ3) is 7.86. The van der Waals surface area contributed by atoms with Crippen LogP contribution < -0.4 is 14.8 Å². The van der Waals surface area contributed by atoms with Crippen LogP contribution in [-0.2, 0) is 19.1 Å². The molecule has 1 aromatic rings. The van der Waals surface area contributed by atoms with E-state index in [0.29, 0.717) is 35.6 Å². The molecule has 0 aromatic heterocycles. The SMILES string of the molecule is CCOC(=O)CCCNC(=O)COC(=O)c1cc(Br)c(OCC)c(OC)c1. The first kappa shape index (κ1) is 22.8. The molecule has 1 amide bonds. The molecule has 0 aliphatic carbocycles. The standard InChI is InChI=1S/C18H24BrNO7/c1-4-25-16(22)7-6-8-20-15(21)11-27-18(23)12-9-13(19)17(26-5-2)14(10-12)24-3/h9-10H,4-8,11H2,1-3H3,(H,20,21). The fourth-order valence-electron chi connectivity index (χ4n) is 2.08. The quantitative estimate of drug-likeness (QED) is 0.412. The molecule has 0 unspecified atom stereocenters. The Kier molecular flexibility index (Phi) is 10.2. The van der Waals surface area contributed by atoms with E-state index in [1.807, 2.05) is 6.92 Å². The van der Waals surface area contributed by atoms with Gasteiger partial charge in [-0.25, -0.2) is 4.79 Å². The highest BCUT2D eigenvalue weighted by Crippen LogP contribution is 2.36. The first-order chi connectivity index (χ1) is 12.9. The second kappa shape index (κ2) is 12.2. The van der Waals surface area contributed by atoms with Gasteiger partial charge in [0.05, 0.1) is 30.4 Å². The number of benzene rings is 1. The van der Waals surface area contributed by atoms with E-state index in [1.54, 1.807) is 6.92 Å². The molecule has 0 bridgehead atoms. The molecule has 150 valence electrons. The van der Waals surface area contributed by atoms with Gasteiger partial charge in [0.25, 0.3) is 5.91 Å². The molecule has 9 heteroatoms. The van der Waals surface area contributed by atoms with Gasteiger partial charge in [-0.3, -0.25) is 9.59 Å².